The Balaban J connectivity index is 0.00000264. The van der Waals surface area contributed by atoms with Crippen LogP contribution in [0, 0.1) is 0 Å². The van der Waals surface area contributed by atoms with Gasteiger partial charge < -0.3 is 10.2 Å². The molecule has 2 aromatic rings. The Labute approximate surface area is 147 Å². The fourth-order valence-electron chi connectivity index (χ4n) is 2.16. The van der Waals surface area contributed by atoms with E-state index in [9.17, 15) is 10.2 Å². The molecule has 2 rings (SSSR count). The Kier molecular flexibility index (Phi) is 7.52. The van der Waals surface area contributed by atoms with E-state index in [0.717, 1.165) is 22.6 Å². The molecule has 1 radical (unpaired) electrons. The summed E-state index contributed by atoms with van der Waals surface area (Å²) in [5, 5.41) is 19.5. The monoisotopic (exact) mass is 363 g/mol. The van der Waals surface area contributed by atoms with Crippen LogP contribution in [0.25, 0.3) is 0 Å². The predicted octanol–water partition coefficient (Wildman–Crippen LogP) is 3.41. The van der Waals surface area contributed by atoms with Crippen molar-refractivity contribution >= 4 is 11.4 Å². The summed E-state index contributed by atoms with van der Waals surface area (Å²) in [5.74, 6) is 0.468. The van der Waals surface area contributed by atoms with E-state index < -0.39 is 0 Å². The first-order chi connectivity index (χ1) is 10.6. The Hall–Kier alpha value is -2.10. The molecule has 0 aliphatic carbocycles. The molecule has 0 amide bonds. The molecule has 0 aromatic heterocycles. The summed E-state index contributed by atoms with van der Waals surface area (Å²) in [6.07, 6.45) is 0. The molecular formula is C18H20CuN2O2. The van der Waals surface area contributed by atoms with Crippen molar-refractivity contribution in [3.8, 4) is 11.5 Å². The maximum absolute atomic E-state index is 9.77. The molecule has 0 saturated heterocycles. The SMILES string of the molecule is CC(=NCCN=C(C)c1ccccc1O)c1ccccc1O.[67Cu]. The van der Waals surface area contributed by atoms with E-state index in [4.69, 9.17) is 0 Å². The molecule has 0 heterocycles. The van der Waals surface area contributed by atoms with Gasteiger partial charge >= 0.3 is 0 Å². The van der Waals surface area contributed by atoms with E-state index in [1.54, 1.807) is 24.3 Å². The first kappa shape index (κ1) is 18.9. The van der Waals surface area contributed by atoms with Gasteiger partial charge in [-0.05, 0) is 38.1 Å². The molecule has 23 heavy (non-hydrogen) atoms. The Morgan fingerprint density at radius 1 is 0.739 bits per heavy atom. The summed E-state index contributed by atoms with van der Waals surface area (Å²) in [6, 6.07) is 14.3. The number of nitrogens with zero attached hydrogens (tertiary/aromatic N) is 2. The quantitative estimate of drug-likeness (QED) is 0.486. The number of para-hydroxylation sites is 2. The second-order valence-corrected chi connectivity index (χ2v) is 4.97. The normalized spacial score (nSPS) is 11.9. The summed E-state index contributed by atoms with van der Waals surface area (Å²) >= 11 is 0. The van der Waals surface area contributed by atoms with Gasteiger partial charge in [0.25, 0.3) is 0 Å². The van der Waals surface area contributed by atoms with Crippen molar-refractivity contribution in [1.29, 1.82) is 0 Å². The first-order valence-corrected chi connectivity index (χ1v) is 7.18. The molecule has 0 atom stereocenters. The van der Waals surface area contributed by atoms with E-state index in [-0.39, 0.29) is 28.6 Å². The number of aliphatic imine (C=N–C) groups is 2. The molecule has 0 aliphatic heterocycles. The van der Waals surface area contributed by atoms with Crippen LogP contribution in [-0.2, 0) is 17.1 Å². The van der Waals surface area contributed by atoms with Crippen LogP contribution in [-0.4, -0.2) is 34.7 Å². The number of rotatable bonds is 5. The van der Waals surface area contributed by atoms with Gasteiger partial charge in [0.05, 0.1) is 13.1 Å². The average molecular weight is 363 g/mol. The Bertz CT molecular complexity index is 650. The molecule has 0 bridgehead atoms. The van der Waals surface area contributed by atoms with Gasteiger partial charge in [0, 0.05) is 39.6 Å². The molecule has 125 valence electrons. The van der Waals surface area contributed by atoms with Crippen molar-refractivity contribution < 1.29 is 27.3 Å². The minimum Gasteiger partial charge on any atom is -0.507 e. The fourth-order valence-corrected chi connectivity index (χ4v) is 2.16. The van der Waals surface area contributed by atoms with Gasteiger partial charge in [-0.3, -0.25) is 9.98 Å². The van der Waals surface area contributed by atoms with Crippen LogP contribution in [0.1, 0.15) is 25.0 Å². The van der Waals surface area contributed by atoms with Crippen molar-refractivity contribution in [1.82, 2.24) is 0 Å². The predicted molar refractivity (Wildman–Crippen MR) is 90.4 cm³/mol. The number of hydrogen-bond donors (Lipinski definition) is 2. The van der Waals surface area contributed by atoms with Gasteiger partial charge in [-0.25, -0.2) is 0 Å². The number of aromatic hydroxyl groups is 2. The van der Waals surface area contributed by atoms with E-state index in [1.165, 1.54) is 0 Å². The minimum atomic E-state index is 0. The Morgan fingerprint density at radius 2 is 1.09 bits per heavy atom. The number of benzene rings is 2. The summed E-state index contributed by atoms with van der Waals surface area (Å²) < 4.78 is 0. The van der Waals surface area contributed by atoms with Gasteiger partial charge in [-0.1, -0.05) is 24.3 Å². The van der Waals surface area contributed by atoms with Crippen molar-refractivity contribution in [2.45, 2.75) is 13.8 Å². The van der Waals surface area contributed by atoms with E-state index in [0.29, 0.717) is 13.1 Å². The third-order valence-corrected chi connectivity index (χ3v) is 3.39. The maximum atomic E-state index is 9.77. The zero-order chi connectivity index (χ0) is 15.9. The van der Waals surface area contributed by atoms with Gasteiger partial charge in [0.2, 0.25) is 0 Å². The molecule has 0 saturated carbocycles. The number of phenolic OH excluding ortho intramolecular Hbond substituents is 2. The summed E-state index contributed by atoms with van der Waals surface area (Å²) in [4.78, 5) is 8.86. The Morgan fingerprint density at radius 3 is 1.43 bits per heavy atom. The standard InChI is InChI=1S/C18H20N2O2.Cu/c1-13(15-7-3-5-9-17(15)21)19-11-12-20-14(2)16-8-4-6-10-18(16)22;/h3-10,21-22H,11-12H2,1-2H3;/i;1+3. The third-order valence-electron chi connectivity index (χ3n) is 3.39. The van der Waals surface area contributed by atoms with Crippen LogP contribution in [0.4, 0.5) is 0 Å². The molecule has 0 aliphatic rings. The van der Waals surface area contributed by atoms with Gasteiger partial charge in [-0.15, -0.1) is 0 Å². The summed E-state index contributed by atoms with van der Waals surface area (Å²) in [7, 11) is 0. The molecule has 2 N–H and O–H groups in total. The van der Waals surface area contributed by atoms with E-state index in [1.807, 2.05) is 38.1 Å². The van der Waals surface area contributed by atoms with Crippen LogP contribution in [0.2, 0.25) is 0 Å². The largest absolute Gasteiger partial charge is 0.507 e. The fraction of sp³-hybridized carbons (Fsp3) is 0.222. The molecule has 0 spiro atoms. The zero-order valence-corrected chi connectivity index (χ0v) is 14.1. The van der Waals surface area contributed by atoms with Gasteiger partial charge in [0.15, 0.2) is 0 Å². The van der Waals surface area contributed by atoms with E-state index in [2.05, 4.69) is 9.98 Å². The zero-order valence-electron chi connectivity index (χ0n) is 13.1. The van der Waals surface area contributed by atoms with Crippen LogP contribution >= 0.6 is 0 Å². The van der Waals surface area contributed by atoms with Crippen LogP contribution in [0.3, 0.4) is 0 Å². The van der Waals surface area contributed by atoms with Crippen molar-refractivity contribution in [3.63, 3.8) is 0 Å². The molecule has 4 nitrogen and oxygen atoms in total. The van der Waals surface area contributed by atoms with E-state index >= 15 is 0 Å². The molecule has 0 fully saturated rings. The van der Waals surface area contributed by atoms with Crippen molar-refractivity contribution in [2.24, 2.45) is 9.98 Å². The minimum absolute atomic E-state index is 0. The first-order valence-electron chi connectivity index (χ1n) is 7.18. The molecule has 0 unspecified atom stereocenters. The van der Waals surface area contributed by atoms with Gasteiger partial charge in [-0.2, -0.15) is 0 Å². The third kappa shape index (κ3) is 5.23. The van der Waals surface area contributed by atoms with Crippen molar-refractivity contribution in [3.05, 3.63) is 59.7 Å². The number of phenols is 2. The van der Waals surface area contributed by atoms with Crippen LogP contribution in [0.5, 0.6) is 11.5 Å². The summed E-state index contributed by atoms with van der Waals surface area (Å²) in [5.41, 5.74) is 3.05. The molecule has 2 aromatic carbocycles. The van der Waals surface area contributed by atoms with Crippen molar-refractivity contribution in [2.75, 3.05) is 13.1 Å². The van der Waals surface area contributed by atoms with Crippen LogP contribution in [0.15, 0.2) is 58.5 Å². The average Bonchev–Trinajstić information content (AvgIpc) is 2.52. The van der Waals surface area contributed by atoms with Gasteiger partial charge in [0.1, 0.15) is 11.5 Å². The maximum Gasteiger partial charge on any atom is 0.124 e. The smallest absolute Gasteiger partial charge is 0.124 e. The molecule has 5 heteroatoms. The second-order valence-electron chi connectivity index (χ2n) is 4.97. The van der Waals surface area contributed by atoms with Crippen LogP contribution < -0.4 is 0 Å². The summed E-state index contributed by atoms with van der Waals surface area (Å²) in [6.45, 7) is 4.81. The number of hydrogen-bond acceptors (Lipinski definition) is 4. The topological polar surface area (TPSA) is 65.2 Å². The second kappa shape index (κ2) is 9.13. The molecular weight excluding hydrogens is 343 g/mol.